The number of H-pyrrole nitrogens is 1. The maximum atomic E-state index is 11.9. The van der Waals surface area contributed by atoms with Gasteiger partial charge in [0.25, 0.3) is 0 Å². The summed E-state index contributed by atoms with van der Waals surface area (Å²) < 4.78 is 6.78. The number of rotatable bonds is 3. The van der Waals surface area contributed by atoms with Gasteiger partial charge in [0, 0.05) is 56.7 Å². The summed E-state index contributed by atoms with van der Waals surface area (Å²) in [6.07, 6.45) is 3.43. The fourth-order valence-corrected chi connectivity index (χ4v) is 3.69. The Balaban J connectivity index is 1.60. The summed E-state index contributed by atoms with van der Waals surface area (Å²) in [5.74, 6) is 0. The van der Waals surface area contributed by atoms with Gasteiger partial charge in [0.1, 0.15) is 5.65 Å². The highest BCUT2D eigenvalue weighted by Gasteiger charge is 2.24. The van der Waals surface area contributed by atoms with E-state index in [2.05, 4.69) is 26.0 Å². The van der Waals surface area contributed by atoms with Crippen molar-refractivity contribution in [2.45, 2.75) is 6.92 Å². The molecular weight excluding hydrogens is 368 g/mol. The highest BCUT2D eigenvalue weighted by molar-refractivity contribution is 6.32. The highest BCUT2D eigenvalue weighted by atomic mass is 35.5. The monoisotopic (exact) mass is 388 g/mol. The van der Waals surface area contributed by atoms with E-state index in [-0.39, 0.29) is 6.09 Å². The molecule has 1 aliphatic rings. The summed E-state index contributed by atoms with van der Waals surface area (Å²) in [6, 6.07) is 4.06. The van der Waals surface area contributed by atoms with Crippen LogP contribution in [0.25, 0.3) is 22.3 Å². The van der Waals surface area contributed by atoms with Crippen molar-refractivity contribution in [3.8, 4) is 11.3 Å². The van der Waals surface area contributed by atoms with Crippen LogP contribution < -0.4 is 4.90 Å². The fourth-order valence-electron chi connectivity index (χ4n) is 3.42. The Morgan fingerprint density at radius 2 is 2.11 bits per heavy atom. The normalized spacial score (nSPS) is 14.8. The topological polar surface area (TPSA) is 79.3 Å². The molecule has 4 rings (SSSR count). The molecule has 4 heterocycles. The van der Waals surface area contributed by atoms with Gasteiger partial charge in [-0.2, -0.15) is 5.10 Å². The number of amides is 1. The minimum absolute atomic E-state index is 0.243. The second kappa shape index (κ2) is 7.11. The summed E-state index contributed by atoms with van der Waals surface area (Å²) >= 11 is 6.23. The number of pyridine rings is 1. The second-order valence-electron chi connectivity index (χ2n) is 6.46. The van der Waals surface area contributed by atoms with E-state index >= 15 is 0 Å². The van der Waals surface area contributed by atoms with E-state index in [1.54, 1.807) is 15.8 Å². The fraction of sp³-hybridized carbons (Fsp3) is 0.389. The van der Waals surface area contributed by atoms with Crippen molar-refractivity contribution >= 4 is 34.4 Å². The Kier molecular flexibility index (Phi) is 4.65. The van der Waals surface area contributed by atoms with E-state index in [4.69, 9.17) is 16.3 Å². The first-order chi connectivity index (χ1) is 13.1. The molecule has 142 valence electrons. The van der Waals surface area contributed by atoms with E-state index < -0.39 is 0 Å². The third-order valence-electron chi connectivity index (χ3n) is 4.73. The van der Waals surface area contributed by atoms with Gasteiger partial charge in [-0.3, -0.25) is 4.68 Å². The summed E-state index contributed by atoms with van der Waals surface area (Å²) in [5.41, 5.74) is 3.62. The van der Waals surface area contributed by atoms with Crippen LogP contribution in [-0.2, 0) is 11.8 Å². The predicted molar refractivity (Wildman–Crippen MR) is 104 cm³/mol. The van der Waals surface area contributed by atoms with Crippen LogP contribution in [0, 0.1) is 0 Å². The number of anilines is 1. The molecule has 0 aromatic carbocycles. The number of nitrogens with zero attached hydrogens (tertiary/aromatic N) is 5. The first kappa shape index (κ1) is 17.7. The number of piperazine rings is 1. The quantitative estimate of drug-likeness (QED) is 0.746. The number of hydrogen-bond acceptors (Lipinski definition) is 5. The number of hydrogen-bond donors (Lipinski definition) is 1. The number of nitrogens with one attached hydrogen (secondary N) is 1. The number of aromatic nitrogens is 4. The zero-order chi connectivity index (χ0) is 19.0. The minimum atomic E-state index is -0.243. The van der Waals surface area contributed by atoms with Gasteiger partial charge in [0.15, 0.2) is 5.15 Å². The molecule has 3 aromatic rings. The van der Waals surface area contributed by atoms with Crippen LogP contribution >= 0.6 is 11.6 Å². The van der Waals surface area contributed by atoms with Crippen LogP contribution in [0.15, 0.2) is 24.5 Å². The lowest BCUT2D eigenvalue weighted by Gasteiger charge is -2.35. The van der Waals surface area contributed by atoms with E-state index in [0.29, 0.717) is 24.8 Å². The Bertz CT molecular complexity index is 974. The van der Waals surface area contributed by atoms with Crippen molar-refractivity contribution in [1.82, 2.24) is 24.6 Å². The predicted octanol–water partition coefficient (Wildman–Crippen LogP) is 2.90. The molecule has 0 bridgehead atoms. The first-order valence-electron chi connectivity index (χ1n) is 8.90. The average Bonchev–Trinajstić information content (AvgIpc) is 3.24. The lowest BCUT2D eigenvalue weighted by molar-refractivity contribution is 0.105. The van der Waals surface area contributed by atoms with Crippen LogP contribution in [0.5, 0.6) is 0 Å². The molecule has 9 heteroatoms. The van der Waals surface area contributed by atoms with E-state index in [9.17, 15) is 4.79 Å². The van der Waals surface area contributed by atoms with Gasteiger partial charge < -0.3 is 19.5 Å². The van der Waals surface area contributed by atoms with Crippen molar-refractivity contribution in [2.75, 3.05) is 37.7 Å². The van der Waals surface area contributed by atoms with Crippen LogP contribution in [-0.4, -0.2) is 63.5 Å². The molecule has 0 saturated carbocycles. The number of aryl methyl sites for hydroxylation is 1. The van der Waals surface area contributed by atoms with Crippen LogP contribution in [0.3, 0.4) is 0 Å². The molecule has 0 unspecified atom stereocenters. The Hall–Kier alpha value is -2.74. The second-order valence-corrected chi connectivity index (χ2v) is 6.81. The van der Waals surface area contributed by atoms with Gasteiger partial charge in [-0.05, 0) is 19.1 Å². The number of carbonyl (C=O) groups is 1. The van der Waals surface area contributed by atoms with Gasteiger partial charge in [0.05, 0.1) is 17.9 Å². The van der Waals surface area contributed by atoms with E-state index in [1.165, 1.54) is 0 Å². The summed E-state index contributed by atoms with van der Waals surface area (Å²) in [4.78, 5) is 23.7. The maximum absolute atomic E-state index is 11.9. The van der Waals surface area contributed by atoms with Crippen LogP contribution in [0.1, 0.15) is 6.92 Å². The number of fused-ring (bicyclic) bond motifs is 1. The van der Waals surface area contributed by atoms with E-state index in [0.717, 1.165) is 41.1 Å². The van der Waals surface area contributed by atoms with Crippen LogP contribution in [0.2, 0.25) is 5.15 Å². The van der Waals surface area contributed by atoms with Crippen molar-refractivity contribution in [3.05, 3.63) is 29.7 Å². The standard InChI is InChI=1S/C18H21ClN6O2/c1-3-27-18(26)25-8-6-24(7-9-25)15-4-5-20-17-12(15)10-14(21-17)13-11-23(2)22-16(13)19/h4-5,10-11H,3,6-9H2,1-2H3,(H,20,21). The molecule has 1 fully saturated rings. The molecule has 0 spiro atoms. The Morgan fingerprint density at radius 1 is 1.33 bits per heavy atom. The molecule has 1 aliphatic heterocycles. The van der Waals surface area contributed by atoms with Crippen molar-refractivity contribution in [3.63, 3.8) is 0 Å². The molecule has 1 saturated heterocycles. The molecular formula is C18H21ClN6O2. The Labute approximate surface area is 161 Å². The SMILES string of the molecule is CCOC(=O)N1CCN(c2ccnc3[nH]c(-c4cn(C)nc4Cl)cc23)CC1. The lowest BCUT2D eigenvalue weighted by Crippen LogP contribution is -2.49. The minimum Gasteiger partial charge on any atom is -0.450 e. The first-order valence-corrected chi connectivity index (χ1v) is 9.28. The number of ether oxygens (including phenoxy) is 1. The summed E-state index contributed by atoms with van der Waals surface area (Å²) in [6.45, 7) is 4.97. The molecule has 1 N–H and O–H groups in total. The maximum Gasteiger partial charge on any atom is 0.409 e. The number of halogens is 1. The summed E-state index contributed by atoms with van der Waals surface area (Å²) in [7, 11) is 1.84. The number of carbonyl (C=O) groups excluding carboxylic acids is 1. The Morgan fingerprint density at radius 3 is 2.78 bits per heavy atom. The van der Waals surface area contributed by atoms with Gasteiger partial charge in [-0.15, -0.1) is 0 Å². The lowest BCUT2D eigenvalue weighted by atomic mass is 10.2. The van der Waals surface area contributed by atoms with Gasteiger partial charge in [-0.25, -0.2) is 9.78 Å². The van der Waals surface area contributed by atoms with Gasteiger partial charge in [0.2, 0.25) is 0 Å². The average molecular weight is 389 g/mol. The number of aromatic amines is 1. The smallest absolute Gasteiger partial charge is 0.409 e. The van der Waals surface area contributed by atoms with Gasteiger partial charge >= 0.3 is 6.09 Å². The van der Waals surface area contributed by atoms with Gasteiger partial charge in [-0.1, -0.05) is 11.6 Å². The molecule has 0 aliphatic carbocycles. The van der Waals surface area contributed by atoms with Crippen molar-refractivity contribution < 1.29 is 9.53 Å². The molecule has 0 atom stereocenters. The van der Waals surface area contributed by atoms with Crippen molar-refractivity contribution in [2.24, 2.45) is 7.05 Å². The van der Waals surface area contributed by atoms with Crippen molar-refractivity contribution in [1.29, 1.82) is 0 Å². The third kappa shape index (κ3) is 3.32. The molecule has 8 nitrogen and oxygen atoms in total. The molecule has 0 radical (unpaired) electrons. The largest absolute Gasteiger partial charge is 0.450 e. The molecule has 1 amide bonds. The molecule has 27 heavy (non-hydrogen) atoms. The third-order valence-corrected chi connectivity index (χ3v) is 5.01. The van der Waals surface area contributed by atoms with E-state index in [1.807, 2.05) is 26.2 Å². The highest BCUT2D eigenvalue weighted by Crippen LogP contribution is 2.33. The van der Waals surface area contributed by atoms with Crippen LogP contribution in [0.4, 0.5) is 10.5 Å². The molecule has 3 aromatic heterocycles. The zero-order valence-corrected chi connectivity index (χ0v) is 16.0. The summed E-state index contributed by atoms with van der Waals surface area (Å²) in [5, 5.41) is 5.67. The zero-order valence-electron chi connectivity index (χ0n) is 15.3.